The van der Waals surface area contributed by atoms with Crippen LogP contribution in [0.4, 0.5) is 5.69 Å². The molecule has 98 valence electrons. The maximum Gasteiger partial charge on any atom is 0.242 e. The van der Waals surface area contributed by atoms with Gasteiger partial charge in [-0.3, -0.25) is 4.79 Å². The van der Waals surface area contributed by atoms with E-state index in [1.54, 1.807) is 0 Å². The number of rotatable bonds is 4. The molecule has 1 aliphatic heterocycles. The third-order valence-corrected chi connectivity index (χ3v) is 3.45. The van der Waals surface area contributed by atoms with Crippen LogP contribution in [0.2, 0.25) is 0 Å². The lowest BCUT2D eigenvalue weighted by Crippen LogP contribution is -2.56. The molecule has 18 heavy (non-hydrogen) atoms. The SMILES string of the molecule is CCc1ccccc1N1CCNC(=O)C1CCN. The first kappa shape index (κ1) is 12.9. The highest BCUT2D eigenvalue weighted by Gasteiger charge is 2.29. The molecular weight excluding hydrogens is 226 g/mol. The van der Waals surface area contributed by atoms with E-state index in [4.69, 9.17) is 5.73 Å². The summed E-state index contributed by atoms with van der Waals surface area (Å²) in [7, 11) is 0. The van der Waals surface area contributed by atoms with Gasteiger partial charge in [0.25, 0.3) is 0 Å². The third kappa shape index (κ3) is 2.48. The largest absolute Gasteiger partial charge is 0.357 e. The highest BCUT2D eigenvalue weighted by atomic mass is 16.2. The summed E-state index contributed by atoms with van der Waals surface area (Å²) in [6.45, 7) is 4.23. The van der Waals surface area contributed by atoms with Gasteiger partial charge in [0.15, 0.2) is 0 Å². The Morgan fingerprint density at radius 2 is 2.22 bits per heavy atom. The van der Waals surface area contributed by atoms with Crippen molar-refractivity contribution >= 4 is 11.6 Å². The van der Waals surface area contributed by atoms with E-state index in [9.17, 15) is 4.79 Å². The highest BCUT2D eigenvalue weighted by Crippen LogP contribution is 2.25. The molecule has 0 aromatic heterocycles. The van der Waals surface area contributed by atoms with E-state index in [0.717, 1.165) is 13.0 Å². The number of piperazine rings is 1. The van der Waals surface area contributed by atoms with Gasteiger partial charge in [0.2, 0.25) is 5.91 Å². The Morgan fingerprint density at radius 1 is 1.44 bits per heavy atom. The summed E-state index contributed by atoms with van der Waals surface area (Å²) in [4.78, 5) is 14.2. The Balaban J connectivity index is 2.31. The first-order chi connectivity index (χ1) is 8.77. The van der Waals surface area contributed by atoms with Crippen molar-refractivity contribution in [1.29, 1.82) is 0 Å². The molecule has 1 unspecified atom stereocenters. The van der Waals surface area contributed by atoms with Crippen LogP contribution in [0.15, 0.2) is 24.3 Å². The van der Waals surface area contributed by atoms with Crippen LogP contribution in [0.25, 0.3) is 0 Å². The van der Waals surface area contributed by atoms with Crippen LogP contribution in [-0.4, -0.2) is 31.6 Å². The van der Waals surface area contributed by atoms with Gasteiger partial charge in [0, 0.05) is 18.8 Å². The molecule has 1 atom stereocenters. The number of nitrogens with zero attached hydrogens (tertiary/aromatic N) is 1. The van der Waals surface area contributed by atoms with Gasteiger partial charge in [0.05, 0.1) is 0 Å². The maximum atomic E-state index is 12.0. The Labute approximate surface area is 108 Å². The lowest BCUT2D eigenvalue weighted by atomic mass is 10.0. The van der Waals surface area contributed by atoms with E-state index in [1.165, 1.54) is 11.3 Å². The zero-order chi connectivity index (χ0) is 13.0. The Morgan fingerprint density at radius 3 is 2.94 bits per heavy atom. The molecule has 0 spiro atoms. The molecule has 1 heterocycles. The van der Waals surface area contributed by atoms with E-state index < -0.39 is 0 Å². The quantitative estimate of drug-likeness (QED) is 0.831. The van der Waals surface area contributed by atoms with Crippen LogP contribution in [-0.2, 0) is 11.2 Å². The number of carbonyl (C=O) groups is 1. The number of carbonyl (C=O) groups excluding carboxylic acids is 1. The number of nitrogens with one attached hydrogen (secondary N) is 1. The number of aryl methyl sites for hydroxylation is 1. The molecule has 0 radical (unpaired) electrons. The van der Waals surface area contributed by atoms with Crippen molar-refractivity contribution in [3.8, 4) is 0 Å². The standard InChI is InChI=1S/C14H21N3O/c1-2-11-5-3-4-6-12(11)17-10-9-16-14(18)13(17)7-8-15/h3-6,13H,2,7-10,15H2,1H3,(H,16,18). The number of hydrogen-bond acceptors (Lipinski definition) is 3. The predicted molar refractivity (Wildman–Crippen MR) is 73.6 cm³/mol. The van der Waals surface area contributed by atoms with Crippen molar-refractivity contribution in [3.63, 3.8) is 0 Å². The van der Waals surface area contributed by atoms with Gasteiger partial charge in [-0.15, -0.1) is 0 Å². The highest BCUT2D eigenvalue weighted by molar-refractivity contribution is 5.86. The lowest BCUT2D eigenvalue weighted by Gasteiger charge is -2.37. The summed E-state index contributed by atoms with van der Waals surface area (Å²) in [5, 5.41) is 2.92. The average molecular weight is 247 g/mol. The number of para-hydroxylation sites is 1. The monoisotopic (exact) mass is 247 g/mol. The second-order valence-corrected chi connectivity index (χ2v) is 4.56. The summed E-state index contributed by atoms with van der Waals surface area (Å²) in [6, 6.07) is 8.17. The lowest BCUT2D eigenvalue weighted by molar-refractivity contribution is -0.123. The van der Waals surface area contributed by atoms with Crippen LogP contribution in [0.1, 0.15) is 18.9 Å². The minimum absolute atomic E-state index is 0.0950. The molecule has 0 bridgehead atoms. The Hall–Kier alpha value is -1.55. The first-order valence-electron chi connectivity index (χ1n) is 6.60. The van der Waals surface area contributed by atoms with E-state index in [0.29, 0.717) is 19.5 Å². The van der Waals surface area contributed by atoms with Crippen LogP contribution in [0, 0.1) is 0 Å². The maximum absolute atomic E-state index is 12.0. The topological polar surface area (TPSA) is 58.4 Å². The zero-order valence-corrected chi connectivity index (χ0v) is 10.9. The fraction of sp³-hybridized carbons (Fsp3) is 0.500. The van der Waals surface area contributed by atoms with Crippen molar-refractivity contribution in [3.05, 3.63) is 29.8 Å². The molecule has 1 saturated heterocycles. The second kappa shape index (κ2) is 5.87. The summed E-state index contributed by atoms with van der Waals surface area (Å²) < 4.78 is 0. The Bertz CT molecular complexity index is 419. The van der Waals surface area contributed by atoms with Gasteiger partial charge in [0.1, 0.15) is 6.04 Å². The van der Waals surface area contributed by atoms with Crippen LogP contribution < -0.4 is 16.0 Å². The minimum atomic E-state index is -0.128. The molecule has 0 aliphatic carbocycles. The molecular formula is C14H21N3O. The third-order valence-electron chi connectivity index (χ3n) is 3.45. The van der Waals surface area contributed by atoms with Crippen LogP contribution >= 0.6 is 0 Å². The zero-order valence-electron chi connectivity index (χ0n) is 10.9. The van der Waals surface area contributed by atoms with Gasteiger partial charge in [-0.05, 0) is 31.0 Å². The van der Waals surface area contributed by atoms with Gasteiger partial charge >= 0.3 is 0 Å². The van der Waals surface area contributed by atoms with Gasteiger partial charge < -0.3 is 16.0 Å². The number of benzene rings is 1. The first-order valence-corrected chi connectivity index (χ1v) is 6.60. The minimum Gasteiger partial charge on any atom is -0.357 e. The molecule has 4 nitrogen and oxygen atoms in total. The van der Waals surface area contributed by atoms with Crippen LogP contribution in [0.5, 0.6) is 0 Å². The number of hydrogen-bond donors (Lipinski definition) is 2. The smallest absolute Gasteiger partial charge is 0.242 e. The molecule has 4 heteroatoms. The number of anilines is 1. The van der Waals surface area contributed by atoms with Crippen LogP contribution in [0.3, 0.4) is 0 Å². The number of nitrogens with two attached hydrogens (primary N) is 1. The molecule has 0 saturated carbocycles. The van der Waals surface area contributed by atoms with Gasteiger partial charge in [-0.2, -0.15) is 0 Å². The molecule has 1 amide bonds. The molecule has 1 aliphatic rings. The Kier molecular flexibility index (Phi) is 4.20. The van der Waals surface area contributed by atoms with Crippen molar-refractivity contribution in [1.82, 2.24) is 5.32 Å². The van der Waals surface area contributed by atoms with E-state index in [1.807, 2.05) is 12.1 Å². The van der Waals surface area contributed by atoms with Crippen molar-refractivity contribution in [2.75, 3.05) is 24.5 Å². The second-order valence-electron chi connectivity index (χ2n) is 4.56. The number of amides is 1. The molecule has 1 aromatic rings. The van der Waals surface area contributed by atoms with E-state index in [-0.39, 0.29) is 11.9 Å². The van der Waals surface area contributed by atoms with Gasteiger partial charge in [-0.25, -0.2) is 0 Å². The summed E-state index contributed by atoms with van der Waals surface area (Å²) in [5.74, 6) is 0.0950. The summed E-state index contributed by atoms with van der Waals surface area (Å²) in [6.07, 6.45) is 1.67. The van der Waals surface area contributed by atoms with E-state index >= 15 is 0 Å². The predicted octanol–water partition coefficient (Wildman–Crippen LogP) is 0.903. The van der Waals surface area contributed by atoms with Crippen molar-refractivity contribution in [2.45, 2.75) is 25.8 Å². The molecule has 1 aromatic carbocycles. The van der Waals surface area contributed by atoms with Crippen molar-refractivity contribution < 1.29 is 4.79 Å². The van der Waals surface area contributed by atoms with E-state index in [2.05, 4.69) is 29.3 Å². The summed E-state index contributed by atoms with van der Waals surface area (Å²) >= 11 is 0. The molecule has 3 N–H and O–H groups in total. The molecule has 2 rings (SSSR count). The van der Waals surface area contributed by atoms with Gasteiger partial charge in [-0.1, -0.05) is 25.1 Å². The average Bonchev–Trinajstić information content (AvgIpc) is 2.41. The van der Waals surface area contributed by atoms with Crippen molar-refractivity contribution in [2.24, 2.45) is 5.73 Å². The summed E-state index contributed by atoms with van der Waals surface area (Å²) in [5.41, 5.74) is 8.09. The fourth-order valence-electron chi connectivity index (χ4n) is 2.54. The normalized spacial score (nSPS) is 19.8. The molecule has 1 fully saturated rings. The fourth-order valence-corrected chi connectivity index (χ4v) is 2.54.